The second-order valence-corrected chi connectivity index (χ2v) is 5.46. The molecule has 2 amide bonds. The summed E-state index contributed by atoms with van der Waals surface area (Å²) in [5.74, 6) is -3.47. The highest BCUT2D eigenvalue weighted by Gasteiger charge is 2.26. The van der Waals surface area contributed by atoms with Gasteiger partial charge >= 0.3 is 12.0 Å². The van der Waals surface area contributed by atoms with Crippen LogP contribution in [0.3, 0.4) is 0 Å². The standard InChI is InChI=1S/C13H15BrF2N2O3/c1-3-6(2)10(12(19)20)17-13(21)18-11-8(15)4-7(14)5-9(11)16/h4-6,10H,3H2,1-2H3,(H,19,20)(H2,17,18,21). The van der Waals surface area contributed by atoms with E-state index >= 15 is 0 Å². The topological polar surface area (TPSA) is 78.4 Å². The lowest BCUT2D eigenvalue weighted by molar-refractivity contribution is -0.140. The molecule has 1 rings (SSSR count). The minimum absolute atomic E-state index is 0.187. The molecule has 0 bridgehead atoms. The molecule has 0 aliphatic rings. The van der Waals surface area contributed by atoms with E-state index in [1.54, 1.807) is 13.8 Å². The Bertz CT molecular complexity index is 531. The van der Waals surface area contributed by atoms with Gasteiger partial charge in [0.15, 0.2) is 11.6 Å². The van der Waals surface area contributed by atoms with Gasteiger partial charge in [-0.3, -0.25) is 0 Å². The van der Waals surface area contributed by atoms with E-state index in [9.17, 15) is 18.4 Å². The van der Waals surface area contributed by atoms with E-state index in [1.807, 2.05) is 5.32 Å². The molecular weight excluding hydrogens is 350 g/mol. The summed E-state index contributed by atoms with van der Waals surface area (Å²) in [6.07, 6.45) is 0.526. The zero-order valence-corrected chi connectivity index (χ0v) is 13.0. The number of nitrogens with one attached hydrogen (secondary N) is 2. The molecule has 0 spiro atoms. The summed E-state index contributed by atoms with van der Waals surface area (Å²) >= 11 is 2.92. The van der Waals surface area contributed by atoms with Crippen LogP contribution in [0.1, 0.15) is 20.3 Å². The molecule has 0 fully saturated rings. The lowest BCUT2D eigenvalue weighted by Crippen LogP contribution is -2.46. The van der Waals surface area contributed by atoms with Crippen molar-refractivity contribution in [2.45, 2.75) is 26.3 Å². The molecule has 0 aliphatic heterocycles. The van der Waals surface area contributed by atoms with Gasteiger partial charge in [-0.05, 0) is 18.1 Å². The number of halogens is 3. The van der Waals surface area contributed by atoms with Crippen LogP contribution in [0.15, 0.2) is 16.6 Å². The van der Waals surface area contributed by atoms with E-state index in [2.05, 4.69) is 21.2 Å². The summed E-state index contributed by atoms with van der Waals surface area (Å²) < 4.78 is 27.3. The number of hydrogen-bond donors (Lipinski definition) is 3. The van der Waals surface area contributed by atoms with Crippen LogP contribution >= 0.6 is 15.9 Å². The minimum Gasteiger partial charge on any atom is -0.480 e. The fourth-order valence-corrected chi connectivity index (χ4v) is 2.04. The summed E-state index contributed by atoms with van der Waals surface area (Å²) in [6.45, 7) is 3.42. The molecule has 0 aliphatic carbocycles. The molecule has 0 saturated carbocycles. The largest absolute Gasteiger partial charge is 0.480 e. The van der Waals surface area contributed by atoms with Crippen molar-refractivity contribution in [2.75, 3.05) is 5.32 Å². The Morgan fingerprint density at radius 1 is 1.33 bits per heavy atom. The number of urea groups is 1. The van der Waals surface area contributed by atoms with Gasteiger partial charge in [-0.1, -0.05) is 36.2 Å². The van der Waals surface area contributed by atoms with Gasteiger partial charge in [0.25, 0.3) is 0 Å². The Morgan fingerprint density at radius 3 is 2.29 bits per heavy atom. The Labute approximate surface area is 128 Å². The maximum absolute atomic E-state index is 13.6. The van der Waals surface area contributed by atoms with Crippen molar-refractivity contribution in [3.63, 3.8) is 0 Å². The first-order chi connectivity index (χ1) is 9.76. The second kappa shape index (κ2) is 7.35. The summed E-state index contributed by atoms with van der Waals surface area (Å²) in [6, 6.07) is -0.149. The van der Waals surface area contributed by atoms with E-state index in [-0.39, 0.29) is 10.4 Å². The molecule has 21 heavy (non-hydrogen) atoms. The van der Waals surface area contributed by atoms with Crippen molar-refractivity contribution < 1.29 is 23.5 Å². The number of carboxylic acid groups (broad SMARTS) is 1. The van der Waals surface area contributed by atoms with Crippen LogP contribution < -0.4 is 10.6 Å². The first kappa shape index (κ1) is 17.4. The molecule has 8 heteroatoms. The van der Waals surface area contributed by atoms with Gasteiger partial charge in [-0.15, -0.1) is 0 Å². The van der Waals surface area contributed by atoms with Crippen LogP contribution in [0, 0.1) is 17.6 Å². The third kappa shape index (κ3) is 4.66. The zero-order chi connectivity index (χ0) is 16.2. The van der Waals surface area contributed by atoms with E-state index in [0.717, 1.165) is 12.1 Å². The molecule has 116 valence electrons. The molecule has 3 N–H and O–H groups in total. The number of aliphatic carboxylic acids is 1. The first-order valence-corrected chi connectivity index (χ1v) is 7.00. The van der Waals surface area contributed by atoms with Gasteiger partial charge in [-0.25, -0.2) is 18.4 Å². The van der Waals surface area contributed by atoms with Crippen molar-refractivity contribution in [3.8, 4) is 0 Å². The summed E-state index contributed by atoms with van der Waals surface area (Å²) in [5.41, 5.74) is -0.635. The number of carbonyl (C=O) groups is 2. The molecule has 1 aromatic rings. The average molecular weight is 365 g/mol. The molecule has 0 heterocycles. The van der Waals surface area contributed by atoms with Crippen molar-refractivity contribution in [3.05, 3.63) is 28.2 Å². The van der Waals surface area contributed by atoms with Crippen LogP contribution in [0.2, 0.25) is 0 Å². The number of benzene rings is 1. The van der Waals surface area contributed by atoms with Crippen molar-refractivity contribution in [1.82, 2.24) is 5.32 Å². The van der Waals surface area contributed by atoms with Gasteiger partial charge in [0.2, 0.25) is 0 Å². The highest BCUT2D eigenvalue weighted by Crippen LogP contribution is 2.23. The van der Waals surface area contributed by atoms with Gasteiger partial charge in [0.1, 0.15) is 11.7 Å². The van der Waals surface area contributed by atoms with Crippen molar-refractivity contribution >= 4 is 33.6 Å². The van der Waals surface area contributed by atoms with Crippen LogP contribution in [0.25, 0.3) is 0 Å². The second-order valence-electron chi connectivity index (χ2n) is 4.54. The monoisotopic (exact) mass is 364 g/mol. The van der Waals surface area contributed by atoms with Gasteiger partial charge < -0.3 is 15.7 Å². The predicted octanol–water partition coefficient (Wildman–Crippen LogP) is 3.35. The number of amides is 2. The molecular formula is C13H15BrF2N2O3. The van der Waals surface area contributed by atoms with Gasteiger partial charge in [0.05, 0.1) is 0 Å². The number of anilines is 1. The van der Waals surface area contributed by atoms with E-state index < -0.39 is 35.4 Å². The number of rotatable bonds is 5. The molecule has 1 aromatic carbocycles. The van der Waals surface area contributed by atoms with E-state index in [0.29, 0.717) is 6.42 Å². The SMILES string of the molecule is CCC(C)C(NC(=O)Nc1c(F)cc(Br)cc1F)C(=O)O. The molecule has 0 saturated heterocycles. The third-order valence-corrected chi connectivity index (χ3v) is 3.47. The van der Waals surface area contributed by atoms with Crippen LogP contribution in [-0.4, -0.2) is 23.1 Å². The Morgan fingerprint density at radius 2 is 1.86 bits per heavy atom. The number of hydrogen-bond acceptors (Lipinski definition) is 2. The van der Waals surface area contributed by atoms with Crippen LogP contribution in [0.5, 0.6) is 0 Å². The first-order valence-electron chi connectivity index (χ1n) is 6.21. The zero-order valence-electron chi connectivity index (χ0n) is 11.4. The highest BCUT2D eigenvalue weighted by molar-refractivity contribution is 9.10. The van der Waals surface area contributed by atoms with Crippen LogP contribution in [-0.2, 0) is 4.79 Å². The Balaban J connectivity index is 2.84. The highest BCUT2D eigenvalue weighted by atomic mass is 79.9. The predicted molar refractivity (Wildman–Crippen MR) is 77.1 cm³/mol. The lowest BCUT2D eigenvalue weighted by Gasteiger charge is -2.20. The quantitative estimate of drug-likeness (QED) is 0.749. The van der Waals surface area contributed by atoms with E-state index in [4.69, 9.17) is 5.11 Å². The fourth-order valence-electron chi connectivity index (χ4n) is 1.64. The molecule has 5 nitrogen and oxygen atoms in total. The molecule has 0 aromatic heterocycles. The normalized spacial score (nSPS) is 13.4. The smallest absolute Gasteiger partial charge is 0.326 e. The minimum atomic E-state index is -1.21. The Hall–Kier alpha value is -1.70. The van der Waals surface area contributed by atoms with Crippen molar-refractivity contribution in [1.29, 1.82) is 0 Å². The maximum Gasteiger partial charge on any atom is 0.326 e. The van der Waals surface area contributed by atoms with Crippen LogP contribution in [0.4, 0.5) is 19.3 Å². The Kier molecular flexibility index (Phi) is 6.07. The summed E-state index contributed by atoms with van der Waals surface area (Å²) in [4.78, 5) is 22.8. The average Bonchev–Trinajstić information content (AvgIpc) is 2.39. The fraction of sp³-hybridized carbons (Fsp3) is 0.385. The lowest BCUT2D eigenvalue weighted by atomic mass is 9.99. The molecule has 2 unspecified atom stereocenters. The van der Waals surface area contributed by atoms with Gasteiger partial charge in [0, 0.05) is 4.47 Å². The number of carboxylic acids is 1. The molecule has 2 atom stereocenters. The van der Waals surface area contributed by atoms with Gasteiger partial charge in [-0.2, -0.15) is 0 Å². The van der Waals surface area contributed by atoms with E-state index in [1.165, 1.54) is 0 Å². The third-order valence-electron chi connectivity index (χ3n) is 3.01. The summed E-state index contributed by atoms with van der Waals surface area (Å²) in [7, 11) is 0. The molecule has 0 radical (unpaired) electrons. The maximum atomic E-state index is 13.6. The number of carbonyl (C=O) groups excluding carboxylic acids is 1. The van der Waals surface area contributed by atoms with Crippen molar-refractivity contribution in [2.24, 2.45) is 5.92 Å². The summed E-state index contributed by atoms with van der Waals surface area (Å²) in [5, 5.41) is 13.2.